The van der Waals surface area contributed by atoms with Crippen molar-refractivity contribution in [2.24, 2.45) is 10.9 Å². The van der Waals surface area contributed by atoms with E-state index in [4.69, 9.17) is 9.84 Å². The van der Waals surface area contributed by atoms with E-state index in [-0.39, 0.29) is 23.7 Å². The summed E-state index contributed by atoms with van der Waals surface area (Å²) < 4.78 is 32.7. The van der Waals surface area contributed by atoms with Crippen LogP contribution in [0.1, 0.15) is 32.9 Å². The fourth-order valence-electron chi connectivity index (χ4n) is 2.95. The SMILES string of the molecule is C=C(CN1CC(C(=N/C=C\C)/C(=C/CC)Oc2ccc(C(C)(F)F)nc2)C1)C(=O)O. The fraction of sp³-hybridized carbons (Fsp3) is 0.409. The van der Waals surface area contributed by atoms with Crippen LogP contribution >= 0.6 is 0 Å². The molecule has 1 aromatic heterocycles. The first-order chi connectivity index (χ1) is 14.2. The molecule has 1 fully saturated rings. The summed E-state index contributed by atoms with van der Waals surface area (Å²) in [7, 11) is 0. The number of carboxylic acid groups (broad SMARTS) is 1. The van der Waals surface area contributed by atoms with Crippen molar-refractivity contribution in [1.82, 2.24) is 9.88 Å². The van der Waals surface area contributed by atoms with Crippen LogP contribution in [0, 0.1) is 5.92 Å². The van der Waals surface area contributed by atoms with Gasteiger partial charge in [-0.25, -0.2) is 4.79 Å². The van der Waals surface area contributed by atoms with Crippen LogP contribution in [-0.4, -0.2) is 46.3 Å². The summed E-state index contributed by atoms with van der Waals surface area (Å²) >= 11 is 0. The van der Waals surface area contributed by atoms with Crippen LogP contribution in [0.15, 0.2) is 59.6 Å². The lowest BCUT2D eigenvalue weighted by Gasteiger charge is -2.40. The molecule has 1 aliphatic rings. The highest BCUT2D eigenvalue weighted by Crippen LogP contribution is 2.28. The molecule has 162 valence electrons. The van der Waals surface area contributed by atoms with E-state index in [9.17, 15) is 13.6 Å². The largest absolute Gasteiger partial charge is 0.478 e. The topological polar surface area (TPSA) is 75.0 Å². The Hall–Kier alpha value is -2.87. The lowest BCUT2D eigenvalue weighted by atomic mass is 9.92. The number of aromatic nitrogens is 1. The van der Waals surface area contributed by atoms with Crippen molar-refractivity contribution in [2.75, 3.05) is 19.6 Å². The Labute approximate surface area is 175 Å². The van der Waals surface area contributed by atoms with Gasteiger partial charge in [-0.15, -0.1) is 0 Å². The second kappa shape index (κ2) is 10.2. The molecule has 2 heterocycles. The zero-order chi connectivity index (χ0) is 22.3. The van der Waals surface area contributed by atoms with E-state index >= 15 is 0 Å². The molecule has 8 heteroatoms. The highest BCUT2D eigenvalue weighted by molar-refractivity contribution is 6.01. The first-order valence-electron chi connectivity index (χ1n) is 9.70. The molecule has 2 rings (SSSR count). The quantitative estimate of drug-likeness (QED) is 0.345. The number of likely N-dealkylation sites (tertiary alicyclic amines) is 1. The summed E-state index contributed by atoms with van der Waals surface area (Å²) in [6.07, 6.45) is 7.30. The zero-order valence-electron chi connectivity index (χ0n) is 17.4. The highest BCUT2D eigenvalue weighted by Gasteiger charge is 2.34. The summed E-state index contributed by atoms with van der Waals surface area (Å²) in [5, 5.41) is 8.99. The van der Waals surface area contributed by atoms with E-state index in [1.54, 1.807) is 12.3 Å². The Balaban J connectivity index is 2.16. The number of ether oxygens (including phenoxy) is 1. The minimum absolute atomic E-state index is 0.0489. The van der Waals surface area contributed by atoms with Crippen LogP contribution in [0.3, 0.4) is 0 Å². The molecule has 0 bridgehead atoms. The van der Waals surface area contributed by atoms with E-state index in [0.29, 0.717) is 31.0 Å². The summed E-state index contributed by atoms with van der Waals surface area (Å²) in [5.41, 5.74) is 0.531. The number of nitrogens with zero attached hydrogens (tertiary/aromatic N) is 3. The third-order valence-electron chi connectivity index (χ3n) is 4.48. The molecule has 1 N–H and O–H groups in total. The highest BCUT2D eigenvalue weighted by atomic mass is 19.3. The predicted octanol–water partition coefficient (Wildman–Crippen LogP) is 4.41. The summed E-state index contributed by atoms with van der Waals surface area (Å²) in [5.74, 6) is -3.10. The van der Waals surface area contributed by atoms with Crippen LogP contribution in [0.25, 0.3) is 0 Å². The third-order valence-corrected chi connectivity index (χ3v) is 4.48. The minimum Gasteiger partial charge on any atom is -0.478 e. The number of pyridine rings is 1. The second-order valence-corrected chi connectivity index (χ2v) is 7.14. The molecule has 0 amide bonds. The van der Waals surface area contributed by atoms with E-state index in [1.807, 2.05) is 24.8 Å². The maximum absolute atomic E-state index is 13.4. The lowest BCUT2D eigenvalue weighted by molar-refractivity contribution is -0.133. The van der Waals surface area contributed by atoms with Gasteiger partial charge in [0.1, 0.15) is 17.2 Å². The smallest absolute Gasteiger partial charge is 0.332 e. The van der Waals surface area contributed by atoms with Crippen molar-refractivity contribution >= 4 is 11.7 Å². The average Bonchev–Trinajstić information content (AvgIpc) is 2.65. The normalized spacial score (nSPS) is 16.6. The number of aliphatic imine (C=N–C) groups is 1. The maximum atomic E-state index is 13.4. The number of rotatable bonds is 10. The summed E-state index contributed by atoms with van der Waals surface area (Å²) in [4.78, 5) is 21.3. The van der Waals surface area contributed by atoms with E-state index < -0.39 is 11.9 Å². The predicted molar refractivity (Wildman–Crippen MR) is 112 cm³/mol. The van der Waals surface area contributed by atoms with Crippen LogP contribution < -0.4 is 4.74 Å². The van der Waals surface area contributed by atoms with Gasteiger partial charge in [0.15, 0.2) is 0 Å². The number of alkyl halides is 2. The Morgan fingerprint density at radius 3 is 2.67 bits per heavy atom. The van der Waals surface area contributed by atoms with Crippen LogP contribution in [0.2, 0.25) is 0 Å². The summed E-state index contributed by atoms with van der Waals surface area (Å²) in [6, 6.07) is 2.70. The fourth-order valence-corrected chi connectivity index (χ4v) is 2.95. The number of hydrogen-bond acceptors (Lipinski definition) is 5. The Kier molecular flexibility index (Phi) is 8.00. The Morgan fingerprint density at radius 2 is 2.17 bits per heavy atom. The van der Waals surface area contributed by atoms with Gasteiger partial charge < -0.3 is 9.84 Å². The van der Waals surface area contributed by atoms with Crippen molar-refractivity contribution in [3.63, 3.8) is 0 Å². The van der Waals surface area contributed by atoms with Gasteiger partial charge in [-0.3, -0.25) is 14.9 Å². The lowest BCUT2D eigenvalue weighted by Crippen LogP contribution is -2.51. The van der Waals surface area contributed by atoms with Crippen molar-refractivity contribution < 1.29 is 23.4 Å². The number of halogens is 2. The molecule has 1 aromatic rings. The van der Waals surface area contributed by atoms with Crippen molar-refractivity contribution in [3.05, 3.63) is 60.3 Å². The molecular formula is C22H27F2N3O3. The number of allylic oxidation sites excluding steroid dienone is 3. The number of aliphatic carboxylic acids is 1. The monoisotopic (exact) mass is 419 g/mol. The van der Waals surface area contributed by atoms with Gasteiger partial charge in [-0.05, 0) is 31.6 Å². The maximum Gasteiger partial charge on any atom is 0.332 e. The van der Waals surface area contributed by atoms with Crippen molar-refractivity contribution in [3.8, 4) is 5.75 Å². The standard InChI is InChI=1S/C22H27F2N3O3/c1-5-7-18(30-17-8-9-19(26-11-17)22(4,23)24)20(25-10-6-2)16-13-27(14-16)12-15(3)21(28)29/h6-11,16H,3,5,12-14H2,1-2,4H3,(H,28,29)/b10-6-,18-7-,25-20-. The molecule has 1 aliphatic heterocycles. The zero-order valence-corrected chi connectivity index (χ0v) is 17.4. The van der Waals surface area contributed by atoms with E-state index in [1.165, 1.54) is 18.3 Å². The molecule has 0 aromatic carbocycles. The first kappa shape index (κ1) is 23.4. The number of carbonyl (C=O) groups is 1. The second-order valence-electron chi connectivity index (χ2n) is 7.14. The molecule has 0 radical (unpaired) electrons. The molecule has 0 atom stereocenters. The third kappa shape index (κ3) is 6.32. The molecule has 0 spiro atoms. The van der Waals surface area contributed by atoms with Gasteiger partial charge >= 0.3 is 5.97 Å². The van der Waals surface area contributed by atoms with Crippen LogP contribution in [0.4, 0.5) is 8.78 Å². The van der Waals surface area contributed by atoms with Gasteiger partial charge in [-0.1, -0.05) is 19.6 Å². The average molecular weight is 419 g/mol. The Morgan fingerprint density at radius 1 is 1.47 bits per heavy atom. The molecule has 1 saturated heterocycles. The Bertz CT molecular complexity index is 849. The van der Waals surface area contributed by atoms with Crippen molar-refractivity contribution in [2.45, 2.75) is 33.1 Å². The minimum atomic E-state index is -3.02. The molecule has 0 saturated carbocycles. The van der Waals surface area contributed by atoms with Gasteiger partial charge in [0.05, 0.1) is 11.9 Å². The number of hydrogen-bond donors (Lipinski definition) is 1. The molecule has 0 unspecified atom stereocenters. The van der Waals surface area contributed by atoms with E-state index in [2.05, 4.69) is 16.6 Å². The number of carboxylic acids is 1. The molecular weight excluding hydrogens is 392 g/mol. The van der Waals surface area contributed by atoms with Crippen LogP contribution in [-0.2, 0) is 10.7 Å². The van der Waals surface area contributed by atoms with Gasteiger partial charge in [0.2, 0.25) is 0 Å². The summed E-state index contributed by atoms with van der Waals surface area (Å²) in [6.45, 7) is 9.68. The van der Waals surface area contributed by atoms with Gasteiger partial charge in [0, 0.05) is 44.2 Å². The van der Waals surface area contributed by atoms with Crippen LogP contribution in [0.5, 0.6) is 5.75 Å². The molecule has 6 nitrogen and oxygen atoms in total. The van der Waals surface area contributed by atoms with Crippen molar-refractivity contribution in [1.29, 1.82) is 0 Å². The molecule has 0 aliphatic carbocycles. The first-order valence-corrected chi connectivity index (χ1v) is 9.70. The molecule has 30 heavy (non-hydrogen) atoms. The van der Waals surface area contributed by atoms with Gasteiger partial charge in [-0.2, -0.15) is 8.78 Å². The van der Waals surface area contributed by atoms with E-state index in [0.717, 1.165) is 12.6 Å². The van der Waals surface area contributed by atoms with Gasteiger partial charge in [0.25, 0.3) is 5.92 Å².